The van der Waals surface area contributed by atoms with Crippen molar-refractivity contribution < 1.29 is 19.7 Å². The van der Waals surface area contributed by atoms with E-state index >= 15 is 0 Å². The number of allylic oxidation sites excluding steroid dienone is 3. The van der Waals surface area contributed by atoms with Crippen LogP contribution >= 0.6 is 11.6 Å². The number of aliphatic hydroxyl groups is 2. The fraction of sp³-hybridized carbons (Fsp3) is 0.500. The van der Waals surface area contributed by atoms with Gasteiger partial charge >= 0.3 is 0 Å². The molecule has 39 heavy (non-hydrogen) atoms. The van der Waals surface area contributed by atoms with Crippen molar-refractivity contribution >= 4 is 28.9 Å². The van der Waals surface area contributed by atoms with Gasteiger partial charge in [-0.3, -0.25) is 4.79 Å². The predicted molar refractivity (Wildman–Crippen MR) is 157 cm³/mol. The summed E-state index contributed by atoms with van der Waals surface area (Å²) in [6.07, 6.45) is 1.66. The van der Waals surface area contributed by atoms with Crippen molar-refractivity contribution in [2.24, 2.45) is 5.41 Å². The van der Waals surface area contributed by atoms with E-state index in [4.69, 9.17) is 26.3 Å². The molecule has 0 saturated carbocycles. The second-order valence-corrected chi connectivity index (χ2v) is 11.1. The fourth-order valence-electron chi connectivity index (χ4n) is 5.05. The van der Waals surface area contributed by atoms with Crippen molar-refractivity contribution in [3.05, 3.63) is 52.4 Å². The van der Waals surface area contributed by atoms with Crippen molar-refractivity contribution in [1.82, 2.24) is 14.9 Å². The third kappa shape index (κ3) is 6.39. The summed E-state index contributed by atoms with van der Waals surface area (Å²) in [5, 5.41) is 21.1. The molecule has 212 valence electrons. The molecule has 2 N–H and O–H groups in total. The molecule has 0 radical (unpaired) electrons. The molecule has 1 amide bonds. The van der Waals surface area contributed by atoms with Gasteiger partial charge in [-0.1, -0.05) is 38.4 Å². The number of rotatable bonds is 11. The summed E-state index contributed by atoms with van der Waals surface area (Å²) >= 11 is 6.64. The summed E-state index contributed by atoms with van der Waals surface area (Å²) < 4.78 is 5.84. The zero-order chi connectivity index (χ0) is 29.1. The van der Waals surface area contributed by atoms with Gasteiger partial charge in [0.1, 0.15) is 18.2 Å². The Morgan fingerprint density at radius 2 is 1.92 bits per heavy atom. The second-order valence-electron chi connectivity index (χ2n) is 10.7. The number of amides is 1. The van der Waals surface area contributed by atoms with E-state index in [0.717, 1.165) is 12.0 Å². The molecule has 0 spiro atoms. The lowest BCUT2D eigenvalue weighted by Crippen LogP contribution is -2.63. The number of ether oxygens (including phenoxy) is 1. The van der Waals surface area contributed by atoms with Crippen LogP contribution in [-0.4, -0.2) is 70.9 Å². The molecule has 1 aliphatic heterocycles. The minimum atomic E-state index is -0.561. The van der Waals surface area contributed by atoms with Crippen LogP contribution in [0.2, 0.25) is 5.02 Å². The number of hydrogen-bond acceptors (Lipinski definition) is 7. The Bertz CT molecular complexity index is 1260. The van der Waals surface area contributed by atoms with Crippen LogP contribution in [-0.2, 0) is 4.79 Å². The van der Waals surface area contributed by atoms with Gasteiger partial charge < -0.3 is 24.7 Å². The van der Waals surface area contributed by atoms with E-state index < -0.39 is 11.5 Å². The van der Waals surface area contributed by atoms with E-state index in [-0.39, 0.29) is 18.3 Å². The number of carbonyl (C=O) groups excluding carboxylic acids is 1. The molecule has 1 aromatic carbocycles. The SMILES string of the molecule is C=C(C)/C(=C(/C)O)c1nc(-c2cc(OC[C@H](O)CCC)ccc2Cl)nc(N2CC(CC)(C(=O)N(C)C)C2)c1C. The number of aromatic nitrogens is 2. The topological polar surface area (TPSA) is 99.0 Å². The highest BCUT2D eigenvalue weighted by atomic mass is 35.5. The molecule has 1 aromatic heterocycles. The van der Waals surface area contributed by atoms with E-state index in [1.807, 2.05) is 27.7 Å². The van der Waals surface area contributed by atoms with Gasteiger partial charge in [0.25, 0.3) is 0 Å². The molecular weight excluding hydrogens is 516 g/mol. The highest BCUT2D eigenvalue weighted by Crippen LogP contribution is 2.42. The fourth-order valence-corrected chi connectivity index (χ4v) is 5.25. The van der Waals surface area contributed by atoms with Gasteiger partial charge in [-0.25, -0.2) is 9.97 Å². The number of anilines is 1. The maximum Gasteiger partial charge on any atom is 0.231 e. The molecular formula is C30H41ClN4O4. The molecule has 1 saturated heterocycles. The van der Waals surface area contributed by atoms with E-state index in [1.54, 1.807) is 44.1 Å². The first-order valence-electron chi connectivity index (χ1n) is 13.4. The molecule has 8 nitrogen and oxygen atoms in total. The summed E-state index contributed by atoms with van der Waals surface area (Å²) in [6.45, 7) is 14.6. The van der Waals surface area contributed by atoms with Crippen molar-refractivity contribution in [2.45, 2.75) is 60.0 Å². The van der Waals surface area contributed by atoms with Crippen LogP contribution in [0, 0.1) is 12.3 Å². The number of benzene rings is 1. The second kappa shape index (κ2) is 12.4. The highest BCUT2D eigenvalue weighted by Gasteiger charge is 2.49. The molecule has 1 atom stereocenters. The summed E-state index contributed by atoms with van der Waals surface area (Å²) in [4.78, 5) is 26.5. The lowest BCUT2D eigenvalue weighted by molar-refractivity contribution is -0.141. The lowest BCUT2D eigenvalue weighted by Gasteiger charge is -2.50. The largest absolute Gasteiger partial charge is 0.512 e. The van der Waals surface area contributed by atoms with Crippen molar-refractivity contribution in [3.63, 3.8) is 0 Å². The molecule has 1 fully saturated rings. The predicted octanol–water partition coefficient (Wildman–Crippen LogP) is 5.81. The van der Waals surface area contributed by atoms with Crippen LogP contribution in [0.1, 0.15) is 58.2 Å². The Morgan fingerprint density at radius 3 is 2.46 bits per heavy atom. The Labute approximate surface area is 237 Å². The number of nitrogens with zero attached hydrogens (tertiary/aromatic N) is 4. The zero-order valence-corrected chi connectivity index (χ0v) is 24.9. The Hall–Kier alpha value is -3.10. The molecule has 0 bridgehead atoms. The minimum absolute atomic E-state index is 0.0975. The monoisotopic (exact) mass is 556 g/mol. The van der Waals surface area contributed by atoms with Crippen LogP contribution in [0.25, 0.3) is 17.0 Å². The molecule has 3 rings (SSSR count). The highest BCUT2D eigenvalue weighted by molar-refractivity contribution is 6.33. The first-order chi connectivity index (χ1) is 18.3. The smallest absolute Gasteiger partial charge is 0.231 e. The lowest BCUT2D eigenvalue weighted by atomic mass is 9.76. The van der Waals surface area contributed by atoms with E-state index in [1.165, 1.54) is 0 Å². The van der Waals surface area contributed by atoms with Gasteiger partial charge in [0.2, 0.25) is 5.91 Å². The van der Waals surface area contributed by atoms with Gasteiger partial charge in [0.15, 0.2) is 5.82 Å². The van der Waals surface area contributed by atoms with Crippen molar-refractivity contribution in [1.29, 1.82) is 0 Å². The van der Waals surface area contributed by atoms with Gasteiger partial charge in [-0.05, 0) is 57.4 Å². The van der Waals surface area contributed by atoms with Crippen LogP contribution in [0.4, 0.5) is 5.82 Å². The van der Waals surface area contributed by atoms with Crippen molar-refractivity contribution in [2.75, 3.05) is 38.7 Å². The summed E-state index contributed by atoms with van der Waals surface area (Å²) in [7, 11) is 3.56. The molecule has 1 aliphatic rings. The van der Waals surface area contributed by atoms with Crippen LogP contribution in [0.15, 0.2) is 36.1 Å². The summed E-state index contributed by atoms with van der Waals surface area (Å²) in [5.41, 5.74) is 2.61. The van der Waals surface area contributed by atoms with Crippen LogP contribution in [0.5, 0.6) is 5.75 Å². The normalized spacial score (nSPS) is 15.8. The quantitative estimate of drug-likeness (QED) is 0.266. The summed E-state index contributed by atoms with van der Waals surface area (Å²) in [5.74, 6) is 1.77. The first kappa shape index (κ1) is 30.4. The molecule has 2 aromatic rings. The average Bonchev–Trinajstić information content (AvgIpc) is 2.84. The van der Waals surface area contributed by atoms with Crippen LogP contribution in [0.3, 0.4) is 0 Å². The molecule has 0 unspecified atom stereocenters. The first-order valence-corrected chi connectivity index (χ1v) is 13.7. The molecule has 9 heteroatoms. The van der Waals surface area contributed by atoms with Gasteiger partial charge in [-0.15, -0.1) is 0 Å². The van der Waals surface area contributed by atoms with Gasteiger partial charge in [0, 0.05) is 43.9 Å². The van der Waals surface area contributed by atoms with Gasteiger partial charge in [-0.2, -0.15) is 0 Å². The Balaban J connectivity index is 2.12. The maximum atomic E-state index is 13.0. The Morgan fingerprint density at radius 1 is 1.26 bits per heavy atom. The third-order valence-corrected chi connectivity index (χ3v) is 7.54. The standard InChI is InChI=1S/C30H41ClN4O4/c1-9-11-21(37)15-39-22-12-13-24(31)23(14-22)27-32-26(25(18(3)4)20(6)36)19(5)28(33-27)35-16-30(10-2,17-35)29(38)34(7)8/h12-14,21,36-37H,3,9-11,15-17H2,1-2,4-8H3/b25-20+/t21-/m1/s1. The number of carbonyl (C=O) groups is 1. The number of aliphatic hydroxyl groups excluding tert-OH is 2. The van der Waals surface area contributed by atoms with Crippen molar-refractivity contribution in [3.8, 4) is 17.1 Å². The maximum absolute atomic E-state index is 13.0. The van der Waals surface area contributed by atoms with Gasteiger partial charge in [0.05, 0.1) is 28.0 Å². The summed E-state index contributed by atoms with van der Waals surface area (Å²) in [6, 6.07) is 5.22. The Kier molecular flexibility index (Phi) is 9.67. The van der Waals surface area contributed by atoms with Crippen LogP contribution < -0.4 is 9.64 Å². The molecule has 2 heterocycles. The van der Waals surface area contributed by atoms with E-state index in [9.17, 15) is 15.0 Å². The number of halogens is 1. The number of hydrogen-bond donors (Lipinski definition) is 2. The molecule has 0 aliphatic carbocycles. The average molecular weight is 557 g/mol. The van der Waals surface area contributed by atoms with E-state index in [0.29, 0.717) is 70.7 Å². The minimum Gasteiger partial charge on any atom is -0.512 e. The zero-order valence-electron chi connectivity index (χ0n) is 24.1. The van der Waals surface area contributed by atoms with E-state index in [2.05, 4.69) is 11.5 Å². The third-order valence-electron chi connectivity index (χ3n) is 7.21.